The summed E-state index contributed by atoms with van der Waals surface area (Å²) in [5.74, 6) is -3.36. The molecule has 8 heteroatoms. The molecule has 0 bridgehead atoms. The van der Waals surface area contributed by atoms with E-state index in [4.69, 9.17) is 10.8 Å². The second kappa shape index (κ2) is 6.19. The summed E-state index contributed by atoms with van der Waals surface area (Å²) in [6, 6.07) is 2.68. The first-order chi connectivity index (χ1) is 8.81. The Morgan fingerprint density at radius 1 is 1.37 bits per heavy atom. The van der Waals surface area contributed by atoms with Crippen molar-refractivity contribution in [2.75, 3.05) is 0 Å². The van der Waals surface area contributed by atoms with Gasteiger partial charge in [0.1, 0.15) is 11.8 Å². The van der Waals surface area contributed by atoms with E-state index in [1.54, 1.807) is 0 Å². The van der Waals surface area contributed by atoms with Crippen LogP contribution in [0.3, 0.4) is 0 Å². The van der Waals surface area contributed by atoms with E-state index in [-0.39, 0.29) is 11.3 Å². The van der Waals surface area contributed by atoms with Crippen molar-refractivity contribution in [1.29, 1.82) is 0 Å². The second-order valence-electron chi connectivity index (χ2n) is 3.70. The molecule has 0 fully saturated rings. The van der Waals surface area contributed by atoms with Crippen molar-refractivity contribution >= 4 is 33.7 Å². The standard InChI is InChI=1S/C11H11BrN2O5/c12-5-1-2-6(8(15)3-5)10(17)14-7(11(18)19)4-9(13)16/h1-3,7,15H,4H2,(H2,13,16)(H,14,17)(H,18,19). The first kappa shape index (κ1) is 15.0. The van der Waals surface area contributed by atoms with Crippen LogP contribution in [0.25, 0.3) is 0 Å². The van der Waals surface area contributed by atoms with Gasteiger partial charge in [-0.2, -0.15) is 0 Å². The van der Waals surface area contributed by atoms with Crippen molar-refractivity contribution in [3.8, 4) is 5.75 Å². The molecule has 0 aliphatic heterocycles. The van der Waals surface area contributed by atoms with E-state index in [0.717, 1.165) is 0 Å². The Kier molecular flexibility index (Phi) is 4.87. The third kappa shape index (κ3) is 4.25. The van der Waals surface area contributed by atoms with Crippen LogP contribution in [-0.2, 0) is 9.59 Å². The molecule has 0 spiro atoms. The maximum Gasteiger partial charge on any atom is 0.326 e. The third-order valence-corrected chi connectivity index (χ3v) is 2.71. The molecule has 19 heavy (non-hydrogen) atoms. The fraction of sp³-hybridized carbons (Fsp3) is 0.182. The molecular formula is C11H11BrN2O5. The lowest BCUT2D eigenvalue weighted by Crippen LogP contribution is -2.43. The number of rotatable bonds is 5. The predicted molar refractivity (Wildman–Crippen MR) is 68.5 cm³/mol. The number of nitrogens with two attached hydrogens (primary N) is 1. The number of aromatic hydroxyl groups is 1. The SMILES string of the molecule is NC(=O)CC(NC(=O)c1ccc(Br)cc1O)C(=O)O. The van der Waals surface area contributed by atoms with E-state index in [2.05, 4.69) is 21.2 Å². The number of halogens is 1. The minimum atomic E-state index is -1.44. The van der Waals surface area contributed by atoms with Gasteiger partial charge in [-0.25, -0.2) is 4.79 Å². The van der Waals surface area contributed by atoms with Crippen molar-refractivity contribution in [3.05, 3.63) is 28.2 Å². The summed E-state index contributed by atoms with van der Waals surface area (Å²) in [5, 5.41) is 20.5. The predicted octanol–water partition coefficient (Wildman–Crippen LogP) is 0.213. The van der Waals surface area contributed by atoms with E-state index >= 15 is 0 Å². The lowest BCUT2D eigenvalue weighted by Gasteiger charge is -2.13. The van der Waals surface area contributed by atoms with Crippen molar-refractivity contribution < 1.29 is 24.6 Å². The number of primary amides is 1. The van der Waals surface area contributed by atoms with Crippen molar-refractivity contribution in [3.63, 3.8) is 0 Å². The van der Waals surface area contributed by atoms with Gasteiger partial charge in [-0.15, -0.1) is 0 Å². The molecule has 0 aliphatic carbocycles. The fourth-order valence-electron chi connectivity index (χ4n) is 1.33. The zero-order valence-corrected chi connectivity index (χ0v) is 11.2. The number of carboxylic acid groups (broad SMARTS) is 1. The molecule has 1 rings (SSSR count). The number of hydrogen-bond donors (Lipinski definition) is 4. The smallest absolute Gasteiger partial charge is 0.326 e. The van der Waals surface area contributed by atoms with Crippen LogP contribution in [0.5, 0.6) is 5.75 Å². The molecule has 102 valence electrons. The molecule has 1 aromatic rings. The number of benzene rings is 1. The van der Waals surface area contributed by atoms with Crippen LogP contribution in [0.2, 0.25) is 0 Å². The molecule has 1 unspecified atom stereocenters. The number of carboxylic acids is 1. The van der Waals surface area contributed by atoms with Gasteiger partial charge in [0.15, 0.2) is 0 Å². The van der Waals surface area contributed by atoms with Crippen LogP contribution in [0, 0.1) is 0 Å². The van der Waals surface area contributed by atoms with Gasteiger partial charge < -0.3 is 21.3 Å². The van der Waals surface area contributed by atoms with Crippen LogP contribution < -0.4 is 11.1 Å². The number of phenolic OH excluding ortho intramolecular Hbond substituents is 1. The van der Waals surface area contributed by atoms with Gasteiger partial charge in [0.05, 0.1) is 12.0 Å². The molecule has 0 aliphatic rings. The number of aliphatic carboxylic acids is 1. The summed E-state index contributed by atoms with van der Waals surface area (Å²) in [4.78, 5) is 33.3. The molecule has 7 nitrogen and oxygen atoms in total. The van der Waals surface area contributed by atoms with Gasteiger partial charge in [0, 0.05) is 4.47 Å². The summed E-state index contributed by atoms with van der Waals surface area (Å²) < 4.78 is 0.563. The Bertz CT molecular complexity index is 532. The number of amides is 2. The van der Waals surface area contributed by atoms with Crippen LogP contribution in [0.15, 0.2) is 22.7 Å². The molecule has 2 amide bonds. The first-order valence-corrected chi connectivity index (χ1v) is 5.91. The minimum absolute atomic E-state index is 0.0982. The molecule has 0 radical (unpaired) electrons. The summed E-state index contributed by atoms with van der Waals surface area (Å²) in [6.07, 6.45) is -0.529. The molecule has 0 saturated heterocycles. The molecule has 0 aromatic heterocycles. The first-order valence-electron chi connectivity index (χ1n) is 5.11. The monoisotopic (exact) mass is 330 g/mol. The number of nitrogens with one attached hydrogen (secondary N) is 1. The zero-order valence-electron chi connectivity index (χ0n) is 9.59. The maximum atomic E-state index is 11.8. The lowest BCUT2D eigenvalue weighted by molar-refractivity contribution is -0.140. The fourth-order valence-corrected chi connectivity index (χ4v) is 1.68. The Labute approximate surface area is 116 Å². The van der Waals surface area contributed by atoms with E-state index in [9.17, 15) is 19.5 Å². The normalized spacial score (nSPS) is 11.6. The van der Waals surface area contributed by atoms with Crippen molar-refractivity contribution in [2.45, 2.75) is 12.5 Å². The Morgan fingerprint density at radius 2 is 2.00 bits per heavy atom. The second-order valence-corrected chi connectivity index (χ2v) is 4.61. The quantitative estimate of drug-likeness (QED) is 0.613. The van der Waals surface area contributed by atoms with Gasteiger partial charge >= 0.3 is 5.97 Å². The van der Waals surface area contributed by atoms with E-state index in [1.807, 2.05) is 0 Å². The van der Waals surface area contributed by atoms with Crippen LogP contribution in [-0.4, -0.2) is 34.0 Å². The highest BCUT2D eigenvalue weighted by molar-refractivity contribution is 9.10. The summed E-state index contributed by atoms with van der Waals surface area (Å²) in [6.45, 7) is 0. The van der Waals surface area contributed by atoms with Crippen LogP contribution in [0.1, 0.15) is 16.8 Å². The molecule has 0 heterocycles. The third-order valence-electron chi connectivity index (χ3n) is 2.21. The van der Waals surface area contributed by atoms with Crippen LogP contribution >= 0.6 is 15.9 Å². The van der Waals surface area contributed by atoms with Gasteiger partial charge in [0.25, 0.3) is 5.91 Å². The molecule has 5 N–H and O–H groups in total. The highest BCUT2D eigenvalue weighted by atomic mass is 79.9. The number of phenols is 1. The highest BCUT2D eigenvalue weighted by Gasteiger charge is 2.23. The van der Waals surface area contributed by atoms with Gasteiger partial charge in [-0.1, -0.05) is 15.9 Å². The minimum Gasteiger partial charge on any atom is -0.507 e. The van der Waals surface area contributed by atoms with E-state index in [0.29, 0.717) is 4.47 Å². The van der Waals surface area contributed by atoms with Gasteiger partial charge in [-0.3, -0.25) is 9.59 Å². The summed E-state index contributed by atoms with van der Waals surface area (Å²) in [7, 11) is 0. The van der Waals surface area contributed by atoms with E-state index in [1.165, 1.54) is 18.2 Å². The number of hydrogen-bond acceptors (Lipinski definition) is 4. The number of carbonyl (C=O) groups is 3. The molecular weight excluding hydrogens is 320 g/mol. The summed E-state index contributed by atoms with van der Waals surface area (Å²) in [5.41, 5.74) is 4.79. The van der Waals surface area contributed by atoms with Crippen molar-refractivity contribution in [1.82, 2.24) is 5.32 Å². The lowest BCUT2D eigenvalue weighted by atomic mass is 10.1. The Morgan fingerprint density at radius 3 is 2.47 bits per heavy atom. The van der Waals surface area contributed by atoms with Gasteiger partial charge in [-0.05, 0) is 18.2 Å². The molecule has 1 aromatic carbocycles. The van der Waals surface area contributed by atoms with Gasteiger partial charge in [0.2, 0.25) is 5.91 Å². The maximum absolute atomic E-state index is 11.8. The largest absolute Gasteiger partial charge is 0.507 e. The zero-order chi connectivity index (χ0) is 14.6. The number of carbonyl (C=O) groups excluding carboxylic acids is 2. The van der Waals surface area contributed by atoms with E-state index < -0.39 is 30.2 Å². The Hall–Kier alpha value is -2.09. The van der Waals surface area contributed by atoms with Crippen molar-refractivity contribution in [2.24, 2.45) is 5.73 Å². The molecule has 1 atom stereocenters. The average Bonchev–Trinajstić information content (AvgIpc) is 2.26. The average molecular weight is 331 g/mol. The topological polar surface area (TPSA) is 130 Å². The summed E-state index contributed by atoms with van der Waals surface area (Å²) >= 11 is 3.11. The highest BCUT2D eigenvalue weighted by Crippen LogP contribution is 2.22. The Balaban J connectivity index is 2.87. The van der Waals surface area contributed by atoms with Crippen LogP contribution in [0.4, 0.5) is 0 Å². The molecule has 0 saturated carbocycles.